The fourth-order valence-corrected chi connectivity index (χ4v) is 3.50. The maximum Gasteiger partial charge on any atom is 0.244 e. The Hall–Kier alpha value is -1.62. The van der Waals surface area contributed by atoms with Crippen LogP contribution in [0.15, 0.2) is 23.1 Å². The van der Waals surface area contributed by atoms with Crippen LogP contribution in [0.3, 0.4) is 0 Å². The summed E-state index contributed by atoms with van der Waals surface area (Å²) in [5, 5.41) is 9.16. The highest BCUT2D eigenvalue weighted by Crippen LogP contribution is 2.25. The summed E-state index contributed by atoms with van der Waals surface area (Å²) in [6.45, 7) is 4.36. The van der Waals surface area contributed by atoms with E-state index >= 15 is 0 Å². The van der Waals surface area contributed by atoms with Crippen LogP contribution in [0.4, 0.5) is 0 Å². The van der Waals surface area contributed by atoms with Crippen molar-refractivity contribution in [2.75, 3.05) is 26.7 Å². The lowest BCUT2D eigenvalue weighted by molar-refractivity contribution is -0.130. The minimum atomic E-state index is -3.97. The Morgan fingerprint density at radius 3 is 2.41 bits per heavy atom. The molecular weight excluding hydrogens is 326 g/mol. The molecule has 0 saturated heterocycles. The number of rotatable bonds is 6. The van der Waals surface area contributed by atoms with E-state index in [1.165, 1.54) is 30.1 Å². The van der Waals surface area contributed by atoms with Gasteiger partial charge in [0.15, 0.2) is 0 Å². The molecule has 0 spiro atoms. The molecule has 1 aromatic carbocycles. The van der Waals surface area contributed by atoms with Crippen LogP contribution in [0, 0.1) is 11.3 Å². The molecule has 0 N–H and O–H groups in total. The van der Waals surface area contributed by atoms with E-state index in [0.29, 0.717) is 13.1 Å². The number of carbonyl (C=O) groups is 1. The predicted octanol–water partition coefficient (Wildman–Crippen LogP) is 1.70. The first-order valence-corrected chi connectivity index (χ1v) is 8.54. The van der Waals surface area contributed by atoms with Crippen LogP contribution in [-0.4, -0.2) is 50.2 Å². The van der Waals surface area contributed by atoms with Crippen LogP contribution in [0.2, 0.25) is 5.02 Å². The van der Waals surface area contributed by atoms with Crippen LogP contribution in [-0.2, 0) is 14.8 Å². The molecule has 1 rings (SSSR count). The van der Waals surface area contributed by atoms with Gasteiger partial charge in [-0.15, -0.1) is 0 Å². The maximum atomic E-state index is 12.5. The van der Waals surface area contributed by atoms with Gasteiger partial charge in [0.25, 0.3) is 0 Å². The molecule has 22 heavy (non-hydrogen) atoms. The Kier molecular flexibility index (Phi) is 6.35. The SMILES string of the molecule is CCN(CC)C(=O)CN(C)S(=O)(=O)c1cccc(Cl)c1C#N. The number of benzene rings is 1. The average molecular weight is 344 g/mol. The zero-order chi connectivity index (χ0) is 16.9. The van der Waals surface area contributed by atoms with Gasteiger partial charge in [-0.25, -0.2) is 8.42 Å². The topological polar surface area (TPSA) is 81.5 Å². The molecule has 0 atom stereocenters. The molecule has 0 radical (unpaired) electrons. The Morgan fingerprint density at radius 1 is 1.32 bits per heavy atom. The lowest BCUT2D eigenvalue weighted by atomic mass is 10.2. The summed E-state index contributed by atoms with van der Waals surface area (Å²) in [5.74, 6) is -0.295. The Balaban J connectivity index is 3.13. The van der Waals surface area contributed by atoms with Gasteiger partial charge in [0.2, 0.25) is 15.9 Å². The second kappa shape index (κ2) is 7.58. The van der Waals surface area contributed by atoms with Crippen molar-refractivity contribution in [1.29, 1.82) is 5.26 Å². The Morgan fingerprint density at radius 2 is 1.91 bits per heavy atom. The monoisotopic (exact) mass is 343 g/mol. The van der Waals surface area contributed by atoms with E-state index in [-0.39, 0.29) is 27.9 Å². The number of nitrogens with zero attached hydrogens (tertiary/aromatic N) is 3. The standard InChI is InChI=1S/C14H18ClN3O3S/c1-4-18(5-2)14(19)10-17(3)22(20,21)13-8-6-7-12(15)11(13)9-16/h6-8H,4-5,10H2,1-3H3. The Bertz CT molecular complexity index is 694. The minimum Gasteiger partial charge on any atom is -0.342 e. The Labute approximate surface area is 135 Å². The van der Waals surface area contributed by atoms with E-state index in [4.69, 9.17) is 16.9 Å². The van der Waals surface area contributed by atoms with Crippen molar-refractivity contribution in [3.8, 4) is 6.07 Å². The van der Waals surface area contributed by atoms with E-state index in [1.54, 1.807) is 6.07 Å². The largest absolute Gasteiger partial charge is 0.342 e. The van der Waals surface area contributed by atoms with Crippen LogP contribution < -0.4 is 0 Å². The average Bonchev–Trinajstić information content (AvgIpc) is 2.48. The smallest absolute Gasteiger partial charge is 0.244 e. The second-order valence-electron chi connectivity index (χ2n) is 4.55. The predicted molar refractivity (Wildman–Crippen MR) is 83.9 cm³/mol. The molecular formula is C14H18ClN3O3S. The van der Waals surface area contributed by atoms with Crippen LogP contribution in [0.1, 0.15) is 19.4 Å². The molecule has 0 aliphatic heterocycles. The number of hydrogen-bond donors (Lipinski definition) is 0. The van der Waals surface area contributed by atoms with Crippen molar-refractivity contribution in [2.24, 2.45) is 0 Å². The maximum absolute atomic E-state index is 12.5. The molecule has 0 fully saturated rings. The third kappa shape index (κ3) is 3.77. The summed E-state index contributed by atoms with van der Waals surface area (Å²) in [4.78, 5) is 13.4. The van der Waals surface area contributed by atoms with Gasteiger partial charge in [-0.3, -0.25) is 4.79 Å². The molecule has 0 unspecified atom stereocenters. The lowest BCUT2D eigenvalue weighted by Crippen LogP contribution is -2.41. The number of hydrogen-bond acceptors (Lipinski definition) is 4. The first-order chi connectivity index (χ1) is 10.3. The molecule has 0 aliphatic carbocycles. The number of amides is 1. The molecule has 0 aromatic heterocycles. The van der Waals surface area contributed by atoms with E-state index < -0.39 is 10.0 Å². The molecule has 120 valence electrons. The van der Waals surface area contributed by atoms with Crippen molar-refractivity contribution in [3.63, 3.8) is 0 Å². The van der Waals surface area contributed by atoms with E-state index in [1.807, 2.05) is 13.8 Å². The summed E-state index contributed by atoms with van der Waals surface area (Å²) >= 11 is 5.86. The fraction of sp³-hybridized carbons (Fsp3) is 0.429. The molecule has 0 aliphatic rings. The molecule has 0 saturated carbocycles. The third-order valence-electron chi connectivity index (χ3n) is 3.25. The highest BCUT2D eigenvalue weighted by molar-refractivity contribution is 7.89. The van der Waals surface area contributed by atoms with Gasteiger partial charge >= 0.3 is 0 Å². The van der Waals surface area contributed by atoms with Crippen LogP contribution >= 0.6 is 11.6 Å². The summed E-state index contributed by atoms with van der Waals surface area (Å²) in [6, 6.07) is 5.99. The number of halogens is 1. The fourth-order valence-electron chi connectivity index (χ4n) is 1.95. The first-order valence-electron chi connectivity index (χ1n) is 6.72. The minimum absolute atomic E-state index is 0.0621. The summed E-state index contributed by atoms with van der Waals surface area (Å²) < 4.78 is 26.0. The van der Waals surface area contributed by atoms with Gasteiger partial charge in [0.05, 0.1) is 17.1 Å². The highest BCUT2D eigenvalue weighted by Gasteiger charge is 2.27. The van der Waals surface area contributed by atoms with Gasteiger partial charge in [-0.2, -0.15) is 9.57 Å². The van der Waals surface area contributed by atoms with Crippen molar-refractivity contribution in [3.05, 3.63) is 28.8 Å². The van der Waals surface area contributed by atoms with Crippen molar-refractivity contribution in [2.45, 2.75) is 18.7 Å². The van der Waals surface area contributed by atoms with E-state index in [2.05, 4.69) is 0 Å². The zero-order valence-corrected chi connectivity index (χ0v) is 14.3. The number of likely N-dealkylation sites (N-methyl/N-ethyl adjacent to an activating group) is 2. The van der Waals surface area contributed by atoms with Crippen molar-refractivity contribution < 1.29 is 13.2 Å². The summed E-state index contributed by atoms with van der Waals surface area (Å²) in [5.41, 5.74) is -0.119. The molecule has 1 aromatic rings. The zero-order valence-electron chi connectivity index (χ0n) is 12.7. The highest BCUT2D eigenvalue weighted by atomic mass is 35.5. The quantitative estimate of drug-likeness (QED) is 0.787. The van der Waals surface area contributed by atoms with Crippen molar-refractivity contribution in [1.82, 2.24) is 9.21 Å². The molecule has 6 nitrogen and oxygen atoms in total. The van der Waals surface area contributed by atoms with Gasteiger partial charge < -0.3 is 4.90 Å². The molecule has 0 heterocycles. The van der Waals surface area contributed by atoms with Gasteiger partial charge in [0, 0.05) is 20.1 Å². The molecule has 0 bridgehead atoms. The summed E-state index contributed by atoms with van der Waals surface area (Å²) in [7, 11) is -2.67. The number of sulfonamides is 1. The van der Waals surface area contributed by atoms with Crippen LogP contribution in [0.5, 0.6) is 0 Å². The molecule has 1 amide bonds. The van der Waals surface area contributed by atoms with Gasteiger partial charge in [-0.1, -0.05) is 17.7 Å². The normalized spacial score (nSPS) is 11.3. The third-order valence-corrected chi connectivity index (χ3v) is 5.41. The lowest BCUT2D eigenvalue weighted by Gasteiger charge is -2.23. The van der Waals surface area contributed by atoms with E-state index in [0.717, 1.165) is 4.31 Å². The molecule has 8 heteroatoms. The van der Waals surface area contributed by atoms with Gasteiger partial charge in [-0.05, 0) is 26.0 Å². The van der Waals surface area contributed by atoms with E-state index in [9.17, 15) is 13.2 Å². The first kappa shape index (κ1) is 18.4. The number of carbonyl (C=O) groups excluding carboxylic acids is 1. The van der Waals surface area contributed by atoms with Gasteiger partial charge in [0.1, 0.15) is 11.0 Å². The van der Waals surface area contributed by atoms with Crippen LogP contribution in [0.25, 0.3) is 0 Å². The number of nitriles is 1. The second-order valence-corrected chi connectivity index (χ2v) is 6.97. The summed E-state index contributed by atoms with van der Waals surface area (Å²) in [6.07, 6.45) is 0. The van der Waals surface area contributed by atoms with Crippen molar-refractivity contribution >= 4 is 27.5 Å².